The lowest BCUT2D eigenvalue weighted by Gasteiger charge is -2.19. The van der Waals surface area contributed by atoms with Gasteiger partial charge in [0.2, 0.25) is 5.13 Å². The highest BCUT2D eigenvalue weighted by Crippen LogP contribution is 2.16. The minimum absolute atomic E-state index is 0.711. The summed E-state index contributed by atoms with van der Waals surface area (Å²) >= 11 is 1.60. The number of anilines is 1. The molecule has 0 amide bonds. The summed E-state index contributed by atoms with van der Waals surface area (Å²) in [6.07, 6.45) is 0. The van der Waals surface area contributed by atoms with Crippen molar-refractivity contribution in [2.45, 2.75) is 13.5 Å². The number of ether oxygens (including phenoxy) is 2. The van der Waals surface area contributed by atoms with Crippen LogP contribution in [0.4, 0.5) is 5.13 Å². The molecule has 0 atom stereocenters. The van der Waals surface area contributed by atoms with E-state index in [-0.39, 0.29) is 0 Å². The fourth-order valence-electron chi connectivity index (χ4n) is 1.44. The van der Waals surface area contributed by atoms with E-state index < -0.39 is 0 Å². The van der Waals surface area contributed by atoms with Crippen molar-refractivity contribution in [3.63, 3.8) is 0 Å². The molecule has 1 aromatic rings. The first-order valence-electron chi connectivity index (χ1n) is 6.06. The van der Waals surface area contributed by atoms with Gasteiger partial charge in [-0.25, -0.2) is 0 Å². The number of hydrogen-bond donors (Lipinski definition) is 1. The Balaban J connectivity index is 2.46. The van der Waals surface area contributed by atoms with Crippen LogP contribution in [0, 0.1) is 0 Å². The molecule has 0 aliphatic heterocycles. The molecule has 18 heavy (non-hydrogen) atoms. The Hall–Kier alpha value is -0.760. The van der Waals surface area contributed by atoms with Gasteiger partial charge in [0.05, 0.1) is 19.8 Å². The monoisotopic (exact) mass is 274 g/mol. The maximum absolute atomic E-state index is 5.11. The van der Waals surface area contributed by atoms with Gasteiger partial charge in [-0.15, -0.1) is 10.2 Å². The van der Waals surface area contributed by atoms with Crippen LogP contribution in [0.15, 0.2) is 0 Å². The van der Waals surface area contributed by atoms with Crippen LogP contribution >= 0.6 is 11.3 Å². The number of rotatable bonds is 10. The molecule has 1 heterocycles. The Morgan fingerprint density at radius 2 is 1.83 bits per heavy atom. The standard InChI is InChI=1S/C11H22N4O2S/c1-4-12-11-14-13-10(18-11)9-15(5-7-16-2)6-8-17-3/h4-9H2,1-3H3,(H,12,14). The van der Waals surface area contributed by atoms with Gasteiger partial charge in [0, 0.05) is 33.9 Å². The van der Waals surface area contributed by atoms with E-state index in [9.17, 15) is 0 Å². The Bertz CT molecular complexity index is 314. The molecule has 0 saturated heterocycles. The summed E-state index contributed by atoms with van der Waals surface area (Å²) in [7, 11) is 3.42. The second-order valence-electron chi connectivity index (χ2n) is 3.79. The lowest BCUT2D eigenvalue weighted by atomic mass is 10.4. The molecular formula is C11H22N4O2S. The third-order valence-electron chi connectivity index (χ3n) is 2.38. The molecule has 0 bridgehead atoms. The SMILES string of the molecule is CCNc1nnc(CN(CCOC)CCOC)s1. The molecule has 0 unspecified atom stereocenters. The Morgan fingerprint density at radius 3 is 2.39 bits per heavy atom. The van der Waals surface area contributed by atoms with Gasteiger partial charge in [-0.2, -0.15) is 0 Å². The Labute approximate surface area is 112 Å². The molecule has 0 fully saturated rings. The van der Waals surface area contributed by atoms with Gasteiger partial charge in [0.1, 0.15) is 5.01 Å². The molecule has 0 saturated carbocycles. The van der Waals surface area contributed by atoms with Gasteiger partial charge in [-0.05, 0) is 6.92 Å². The van der Waals surface area contributed by atoms with Crippen molar-refractivity contribution in [1.29, 1.82) is 0 Å². The van der Waals surface area contributed by atoms with Crippen molar-refractivity contribution in [3.05, 3.63) is 5.01 Å². The highest BCUT2D eigenvalue weighted by Gasteiger charge is 2.10. The minimum atomic E-state index is 0.711. The summed E-state index contributed by atoms with van der Waals surface area (Å²) in [5, 5.41) is 13.3. The maximum Gasteiger partial charge on any atom is 0.205 e. The fourth-order valence-corrected chi connectivity index (χ4v) is 2.29. The van der Waals surface area contributed by atoms with Crippen LogP contribution in [0.1, 0.15) is 11.9 Å². The highest BCUT2D eigenvalue weighted by atomic mass is 32.1. The zero-order valence-corrected chi connectivity index (χ0v) is 12.1. The number of nitrogens with one attached hydrogen (secondary N) is 1. The van der Waals surface area contributed by atoms with E-state index in [1.165, 1.54) is 0 Å². The molecule has 1 aromatic heterocycles. The fraction of sp³-hybridized carbons (Fsp3) is 0.818. The van der Waals surface area contributed by atoms with E-state index >= 15 is 0 Å². The van der Waals surface area contributed by atoms with Crippen LogP contribution < -0.4 is 5.32 Å². The second-order valence-corrected chi connectivity index (χ2v) is 4.86. The third kappa shape index (κ3) is 5.72. The summed E-state index contributed by atoms with van der Waals surface area (Å²) in [6, 6.07) is 0. The van der Waals surface area contributed by atoms with E-state index in [1.807, 2.05) is 6.92 Å². The normalized spacial score (nSPS) is 11.1. The zero-order chi connectivity index (χ0) is 13.2. The third-order valence-corrected chi connectivity index (χ3v) is 3.24. The number of hydrogen-bond acceptors (Lipinski definition) is 7. The van der Waals surface area contributed by atoms with Gasteiger partial charge in [-0.1, -0.05) is 11.3 Å². The van der Waals surface area contributed by atoms with E-state index in [1.54, 1.807) is 25.6 Å². The maximum atomic E-state index is 5.11. The van der Waals surface area contributed by atoms with Gasteiger partial charge in [0.15, 0.2) is 0 Å². The van der Waals surface area contributed by atoms with Crippen LogP contribution in [0.5, 0.6) is 0 Å². The molecule has 0 aromatic carbocycles. The molecule has 1 rings (SSSR count). The van der Waals surface area contributed by atoms with Crippen molar-refractivity contribution >= 4 is 16.5 Å². The molecular weight excluding hydrogens is 252 g/mol. The van der Waals surface area contributed by atoms with E-state index in [2.05, 4.69) is 20.4 Å². The number of aromatic nitrogens is 2. The summed E-state index contributed by atoms with van der Waals surface area (Å²) in [6.45, 7) is 6.86. The summed E-state index contributed by atoms with van der Waals surface area (Å²) in [5.41, 5.74) is 0. The largest absolute Gasteiger partial charge is 0.383 e. The van der Waals surface area contributed by atoms with Crippen LogP contribution in [0.25, 0.3) is 0 Å². The predicted octanol–water partition coefficient (Wildman–Crippen LogP) is 1.06. The van der Waals surface area contributed by atoms with Crippen molar-refractivity contribution in [2.24, 2.45) is 0 Å². The van der Waals surface area contributed by atoms with E-state index in [0.717, 1.165) is 36.3 Å². The quantitative estimate of drug-likeness (QED) is 0.688. The molecule has 0 aliphatic rings. The molecule has 1 N–H and O–H groups in total. The van der Waals surface area contributed by atoms with Crippen molar-refractivity contribution in [1.82, 2.24) is 15.1 Å². The molecule has 0 spiro atoms. The highest BCUT2D eigenvalue weighted by molar-refractivity contribution is 7.15. The van der Waals surface area contributed by atoms with Crippen LogP contribution in [-0.4, -0.2) is 62.2 Å². The Kier molecular flexibility index (Phi) is 7.83. The van der Waals surface area contributed by atoms with Gasteiger partial charge in [-0.3, -0.25) is 4.90 Å². The van der Waals surface area contributed by atoms with Crippen molar-refractivity contribution in [3.8, 4) is 0 Å². The first-order valence-corrected chi connectivity index (χ1v) is 6.88. The zero-order valence-electron chi connectivity index (χ0n) is 11.3. The summed E-state index contributed by atoms with van der Waals surface area (Å²) in [5.74, 6) is 0. The Morgan fingerprint density at radius 1 is 1.17 bits per heavy atom. The van der Waals surface area contributed by atoms with Crippen LogP contribution in [-0.2, 0) is 16.0 Å². The first-order chi connectivity index (χ1) is 8.80. The van der Waals surface area contributed by atoms with Gasteiger partial charge in [0.25, 0.3) is 0 Å². The van der Waals surface area contributed by atoms with Crippen molar-refractivity contribution in [2.75, 3.05) is 52.4 Å². The molecule has 0 aliphatic carbocycles. The van der Waals surface area contributed by atoms with E-state index in [4.69, 9.17) is 9.47 Å². The molecule has 7 heteroatoms. The topological polar surface area (TPSA) is 59.5 Å². The lowest BCUT2D eigenvalue weighted by Crippen LogP contribution is -2.30. The average molecular weight is 274 g/mol. The number of methoxy groups -OCH3 is 2. The smallest absolute Gasteiger partial charge is 0.205 e. The first kappa shape index (κ1) is 15.3. The average Bonchev–Trinajstić information content (AvgIpc) is 2.80. The van der Waals surface area contributed by atoms with Crippen molar-refractivity contribution < 1.29 is 9.47 Å². The van der Waals surface area contributed by atoms with Crippen LogP contribution in [0.2, 0.25) is 0 Å². The summed E-state index contributed by atoms with van der Waals surface area (Å²) < 4.78 is 10.2. The molecule has 104 valence electrons. The van der Waals surface area contributed by atoms with Gasteiger partial charge >= 0.3 is 0 Å². The molecule has 6 nitrogen and oxygen atoms in total. The minimum Gasteiger partial charge on any atom is -0.383 e. The lowest BCUT2D eigenvalue weighted by molar-refractivity contribution is 0.110. The number of nitrogens with zero attached hydrogens (tertiary/aromatic N) is 3. The van der Waals surface area contributed by atoms with Gasteiger partial charge < -0.3 is 14.8 Å². The predicted molar refractivity (Wildman–Crippen MR) is 73.1 cm³/mol. The molecule has 0 radical (unpaired) electrons. The van der Waals surface area contributed by atoms with E-state index in [0.29, 0.717) is 13.2 Å². The van der Waals surface area contributed by atoms with Crippen LogP contribution in [0.3, 0.4) is 0 Å². The second kappa shape index (κ2) is 9.21. The summed E-state index contributed by atoms with van der Waals surface area (Å²) in [4.78, 5) is 2.25.